The van der Waals surface area contributed by atoms with Gasteiger partial charge in [-0.3, -0.25) is 15.1 Å². The van der Waals surface area contributed by atoms with Gasteiger partial charge in [-0.05, 0) is 25.5 Å². The quantitative estimate of drug-likeness (QED) is 0.649. The van der Waals surface area contributed by atoms with Crippen LogP contribution in [-0.2, 0) is 6.61 Å². The number of nitro benzene ring substituents is 1. The summed E-state index contributed by atoms with van der Waals surface area (Å²) >= 11 is 0. The molecule has 21 heavy (non-hydrogen) atoms. The third-order valence-electron chi connectivity index (χ3n) is 2.75. The zero-order valence-electron chi connectivity index (χ0n) is 11.9. The van der Waals surface area contributed by atoms with E-state index in [0.29, 0.717) is 11.5 Å². The number of rotatable bonds is 6. The van der Waals surface area contributed by atoms with Gasteiger partial charge in [0.2, 0.25) is 0 Å². The molecule has 110 valence electrons. The predicted molar refractivity (Wildman–Crippen MR) is 78.4 cm³/mol. The van der Waals surface area contributed by atoms with Gasteiger partial charge in [-0.2, -0.15) is 0 Å². The van der Waals surface area contributed by atoms with Gasteiger partial charge in [0.25, 0.3) is 0 Å². The molecular formula is C14H16N4O3. The van der Waals surface area contributed by atoms with Crippen LogP contribution in [-0.4, -0.2) is 21.4 Å². The smallest absolute Gasteiger partial charge is 0.310 e. The second-order valence-electron chi connectivity index (χ2n) is 4.44. The molecule has 7 heteroatoms. The lowest BCUT2D eigenvalue weighted by Gasteiger charge is -2.07. The van der Waals surface area contributed by atoms with E-state index in [9.17, 15) is 10.1 Å². The Balaban J connectivity index is 2.08. The number of aromatic nitrogens is 2. The van der Waals surface area contributed by atoms with Crippen molar-refractivity contribution in [3.05, 3.63) is 52.0 Å². The van der Waals surface area contributed by atoms with Crippen LogP contribution in [0.4, 0.5) is 11.5 Å². The SMILES string of the molecule is CCNc1cnc(COc2cc(C)ccc2[N+](=O)[O-])cn1. The lowest BCUT2D eigenvalue weighted by molar-refractivity contribution is -0.386. The summed E-state index contributed by atoms with van der Waals surface area (Å²) in [6, 6.07) is 4.75. The van der Waals surface area contributed by atoms with Gasteiger partial charge in [0.15, 0.2) is 5.75 Å². The number of nitrogens with zero attached hydrogens (tertiary/aromatic N) is 3. The number of anilines is 1. The van der Waals surface area contributed by atoms with Gasteiger partial charge in [-0.1, -0.05) is 6.07 Å². The number of hydrogen-bond donors (Lipinski definition) is 1. The predicted octanol–water partition coefficient (Wildman–Crippen LogP) is 2.70. The van der Waals surface area contributed by atoms with Gasteiger partial charge < -0.3 is 10.1 Å². The molecular weight excluding hydrogens is 272 g/mol. The van der Waals surface area contributed by atoms with Gasteiger partial charge in [0.05, 0.1) is 23.0 Å². The van der Waals surface area contributed by atoms with E-state index in [1.165, 1.54) is 6.07 Å². The molecule has 0 aliphatic carbocycles. The molecule has 0 saturated carbocycles. The number of benzene rings is 1. The first kappa shape index (κ1) is 14.7. The molecule has 0 saturated heterocycles. The molecule has 0 aliphatic rings. The first-order valence-electron chi connectivity index (χ1n) is 6.52. The first-order chi connectivity index (χ1) is 10.1. The zero-order valence-corrected chi connectivity index (χ0v) is 11.9. The minimum atomic E-state index is -0.464. The van der Waals surface area contributed by atoms with Crippen LogP contribution >= 0.6 is 0 Å². The maximum absolute atomic E-state index is 11.0. The van der Waals surface area contributed by atoms with E-state index in [0.717, 1.165) is 12.1 Å². The maximum atomic E-state index is 11.0. The highest BCUT2D eigenvalue weighted by molar-refractivity contribution is 5.48. The van der Waals surface area contributed by atoms with Crippen LogP contribution in [0.3, 0.4) is 0 Å². The third kappa shape index (κ3) is 3.88. The van der Waals surface area contributed by atoms with Crippen molar-refractivity contribution >= 4 is 11.5 Å². The Morgan fingerprint density at radius 2 is 2.14 bits per heavy atom. The van der Waals surface area contributed by atoms with Crippen LogP contribution < -0.4 is 10.1 Å². The highest BCUT2D eigenvalue weighted by Gasteiger charge is 2.15. The number of nitrogens with one attached hydrogen (secondary N) is 1. The van der Waals surface area contributed by atoms with Crippen LogP contribution in [0.1, 0.15) is 18.2 Å². The van der Waals surface area contributed by atoms with Crippen LogP contribution in [0.15, 0.2) is 30.6 Å². The molecule has 7 nitrogen and oxygen atoms in total. The molecule has 0 bridgehead atoms. The monoisotopic (exact) mass is 288 g/mol. The second kappa shape index (κ2) is 6.65. The zero-order chi connectivity index (χ0) is 15.2. The Morgan fingerprint density at radius 1 is 1.33 bits per heavy atom. The molecule has 2 rings (SSSR count). The van der Waals surface area contributed by atoms with Gasteiger partial charge >= 0.3 is 5.69 Å². The molecule has 1 N–H and O–H groups in total. The number of ether oxygens (including phenoxy) is 1. The second-order valence-corrected chi connectivity index (χ2v) is 4.44. The molecule has 0 atom stereocenters. The first-order valence-corrected chi connectivity index (χ1v) is 6.52. The summed E-state index contributed by atoms with van der Waals surface area (Å²) in [6.45, 7) is 4.71. The topological polar surface area (TPSA) is 90.2 Å². The maximum Gasteiger partial charge on any atom is 0.310 e. The summed E-state index contributed by atoms with van der Waals surface area (Å²) in [7, 11) is 0. The molecule has 0 radical (unpaired) electrons. The molecule has 0 amide bonds. The standard InChI is InChI=1S/C14H16N4O3/c1-3-15-14-8-16-11(7-17-14)9-21-13-6-10(2)4-5-12(13)18(19)20/h4-8H,3,9H2,1-2H3,(H,15,17). The number of hydrogen-bond acceptors (Lipinski definition) is 6. The summed E-state index contributed by atoms with van der Waals surface area (Å²) < 4.78 is 5.50. The number of nitro groups is 1. The van der Waals surface area contributed by atoms with Crippen molar-refractivity contribution in [2.24, 2.45) is 0 Å². The Bertz CT molecular complexity index is 629. The van der Waals surface area contributed by atoms with E-state index < -0.39 is 4.92 Å². The van der Waals surface area contributed by atoms with Crippen molar-refractivity contribution in [1.82, 2.24) is 9.97 Å². The Hall–Kier alpha value is -2.70. The highest BCUT2D eigenvalue weighted by atomic mass is 16.6. The van der Waals surface area contributed by atoms with Gasteiger partial charge in [0, 0.05) is 12.6 Å². The van der Waals surface area contributed by atoms with Gasteiger partial charge in [-0.15, -0.1) is 0 Å². The van der Waals surface area contributed by atoms with Crippen LogP contribution in [0.5, 0.6) is 5.75 Å². The summed E-state index contributed by atoms with van der Waals surface area (Å²) in [6.07, 6.45) is 3.19. The van der Waals surface area contributed by atoms with Crippen LogP contribution in [0, 0.1) is 17.0 Å². The average Bonchev–Trinajstić information content (AvgIpc) is 2.46. The number of aryl methyl sites for hydroxylation is 1. The van der Waals surface area contributed by atoms with E-state index in [4.69, 9.17) is 4.74 Å². The largest absolute Gasteiger partial charge is 0.480 e. The lowest BCUT2D eigenvalue weighted by atomic mass is 10.2. The van der Waals surface area contributed by atoms with E-state index in [-0.39, 0.29) is 18.0 Å². The van der Waals surface area contributed by atoms with Gasteiger partial charge in [-0.25, -0.2) is 4.98 Å². The summed E-state index contributed by atoms with van der Waals surface area (Å²) in [4.78, 5) is 18.8. The van der Waals surface area contributed by atoms with E-state index in [1.807, 2.05) is 13.8 Å². The third-order valence-corrected chi connectivity index (χ3v) is 2.75. The van der Waals surface area contributed by atoms with Crippen molar-refractivity contribution in [1.29, 1.82) is 0 Å². The molecule has 1 aromatic heterocycles. The summed E-state index contributed by atoms with van der Waals surface area (Å²) in [5, 5.41) is 14.0. The average molecular weight is 288 g/mol. The minimum Gasteiger partial charge on any atom is -0.480 e. The van der Waals surface area contributed by atoms with Crippen LogP contribution in [0.25, 0.3) is 0 Å². The Labute approximate surface area is 122 Å². The molecule has 2 aromatic rings. The Morgan fingerprint density at radius 3 is 2.76 bits per heavy atom. The van der Waals surface area contributed by atoms with Crippen molar-refractivity contribution in [2.45, 2.75) is 20.5 Å². The molecule has 0 unspecified atom stereocenters. The van der Waals surface area contributed by atoms with Gasteiger partial charge in [0.1, 0.15) is 12.4 Å². The van der Waals surface area contributed by atoms with Crippen molar-refractivity contribution in [3.63, 3.8) is 0 Å². The summed E-state index contributed by atoms with van der Waals surface area (Å²) in [5.41, 5.74) is 1.44. The normalized spacial score (nSPS) is 10.2. The molecule has 1 heterocycles. The fourth-order valence-electron chi connectivity index (χ4n) is 1.74. The molecule has 0 spiro atoms. The molecule has 1 aromatic carbocycles. The van der Waals surface area contributed by atoms with E-state index in [2.05, 4.69) is 15.3 Å². The fourth-order valence-corrected chi connectivity index (χ4v) is 1.74. The van der Waals surface area contributed by atoms with Crippen LogP contribution in [0.2, 0.25) is 0 Å². The van der Waals surface area contributed by atoms with Crippen molar-refractivity contribution in [3.8, 4) is 5.75 Å². The van der Waals surface area contributed by atoms with Crippen molar-refractivity contribution in [2.75, 3.05) is 11.9 Å². The minimum absolute atomic E-state index is 0.0576. The molecule has 0 fully saturated rings. The van der Waals surface area contributed by atoms with Crippen molar-refractivity contribution < 1.29 is 9.66 Å². The molecule has 0 aliphatic heterocycles. The lowest BCUT2D eigenvalue weighted by Crippen LogP contribution is -2.04. The summed E-state index contributed by atoms with van der Waals surface area (Å²) in [5.74, 6) is 0.917. The Kier molecular flexibility index (Phi) is 4.65. The fraction of sp³-hybridized carbons (Fsp3) is 0.286. The van der Waals surface area contributed by atoms with E-state index in [1.54, 1.807) is 24.5 Å². The van der Waals surface area contributed by atoms with E-state index >= 15 is 0 Å². The highest BCUT2D eigenvalue weighted by Crippen LogP contribution is 2.28.